The highest BCUT2D eigenvalue weighted by molar-refractivity contribution is 7.80. The van der Waals surface area contributed by atoms with Crippen LogP contribution in [0, 0.1) is 0 Å². The van der Waals surface area contributed by atoms with E-state index in [9.17, 15) is 9.59 Å². The Morgan fingerprint density at radius 1 is 1.29 bits per heavy atom. The van der Waals surface area contributed by atoms with Crippen LogP contribution >= 0.6 is 35.4 Å². The highest BCUT2D eigenvalue weighted by Crippen LogP contribution is 2.30. The number of aromatic nitrogens is 1. The number of ether oxygens (including phenoxy) is 1. The van der Waals surface area contributed by atoms with Crippen LogP contribution in [0.1, 0.15) is 26.3 Å². The van der Waals surface area contributed by atoms with Crippen molar-refractivity contribution in [2.75, 3.05) is 10.2 Å². The molecule has 162 valence electrons. The lowest BCUT2D eigenvalue weighted by molar-refractivity contribution is -0.116. The summed E-state index contributed by atoms with van der Waals surface area (Å²) in [6.45, 7) is 5.27. The number of nitrogens with one attached hydrogen (secondary N) is 2. The number of hydrogen-bond donors (Lipinski definition) is 2. The number of amides is 2. The van der Waals surface area contributed by atoms with Gasteiger partial charge in [0.25, 0.3) is 5.91 Å². The van der Waals surface area contributed by atoms with Crippen LogP contribution in [-0.2, 0) is 9.53 Å². The second-order valence-corrected chi connectivity index (χ2v) is 8.85. The summed E-state index contributed by atoms with van der Waals surface area (Å²) in [5.74, 6) is -0.214. The lowest BCUT2D eigenvalue weighted by Crippen LogP contribution is -2.54. The third kappa shape index (κ3) is 5.72. The van der Waals surface area contributed by atoms with Crippen LogP contribution in [0.3, 0.4) is 0 Å². The Hall–Kier alpha value is -2.68. The molecular formula is C21H20Cl2N4O3S. The van der Waals surface area contributed by atoms with Crippen molar-refractivity contribution in [1.82, 2.24) is 10.3 Å². The molecule has 1 fully saturated rings. The van der Waals surface area contributed by atoms with Gasteiger partial charge in [0.15, 0.2) is 5.11 Å². The zero-order chi connectivity index (χ0) is 22.8. The standard InChI is InChI=1S/C21H20Cl2N4O3S/c1-21(2,3)30-20(29)25-17-12(5-4-10-24-17)11-15-16(23)27(19(31)26-18(15)28)14-8-6-13(22)7-9-14/h4-11,16H,1-3H3,(H,24,25,29)(H,26,28,31). The van der Waals surface area contributed by atoms with E-state index in [-0.39, 0.29) is 16.5 Å². The van der Waals surface area contributed by atoms with Crippen LogP contribution in [0.4, 0.5) is 16.3 Å². The van der Waals surface area contributed by atoms with Gasteiger partial charge in [-0.25, -0.2) is 9.78 Å². The van der Waals surface area contributed by atoms with Gasteiger partial charge in [-0.2, -0.15) is 0 Å². The van der Waals surface area contributed by atoms with Crippen LogP contribution in [0.2, 0.25) is 5.02 Å². The molecule has 0 radical (unpaired) electrons. The zero-order valence-corrected chi connectivity index (χ0v) is 19.3. The molecule has 0 bridgehead atoms. The molecular weight excluding hydrogens is 459 g/mol. The van der Waals surface area contributed by atoms with E-state index in [1.807, 2.05) is 0 Å². The summed E-state index contributed by atoms with van der Waals surface area (Å²) in [4.78, 5) is 30.6. The van der Waals surface area contributed by atoms with Crippen LogP contribution in [0.25, 0.3) is 6.08 Å². The van der Waals surface area contributed by atoms with E-state index in [1.54, 1.807) is 68.1 Å². The number of hydrogen-bond acceptors (Lipinski definition) is 5. The lowest BCUT2D eigenvalue weighted by Gasteiger charge is -2.35. The second kappa shape index (κ2) is 9.21. The fourth-order valence-corrected chi connectivity index (χ4v) is 3.63. The number of anilines is 2. The minimum absolute atomic E-state index is 0.169. The van der Waals surface area contributed by atoms with E-state index in [0.717, 1.165) is 0 Å². The van der Waals surface area contributed by atoms with E-state index < -0.39 is 23.1 Å². The zero-order valence-electron chi connectivity index (χ0n) is 17.0. The molecule has 31 heavy (non-hydrogen) atoms. The van der Waals surface area contributed by atoms with E-state index in [2.05, 4.69) is 15.6 Å². The molecule has 0 aliphatic carbocycles. The van der Waals surface area contributed by atoms with Crippen LogP contribution in [-0.4, -0.2) is 33.2 Å². The first-order valence-electron chi connectivity index (χ1n) is 9.26. The predicted molar refractivity (Wildman–Crippen MR) is 126 cm³/mol. The molecule has 1 aromatic heterocycles. The molecule has 2 aromatic rings. The van der Waals surface area contributed by atoms with Gasteiger partial charge in [-0.3, -0.25) is 20.3 Å². The van der Waals surface area contributed by atoms with Crippen molar-refractivity contribution in [2.45, 2.75) is 31.9 Å². The molecule has 3 rings (SSSR count). The number of halogens is 2. The van der Waals surface area contributed by atoms with Gasteiger partial charge in [0.2, 0.25) is 0 Å². The summed E-state index contributed by atoms with van der Waals surface area (Å²) >= 11 is 17.9. The third-order valence-corrected chi connectivity index (χ3v) is 5.04. The SMILES string of the molecule is CC(C)(C)OC(=O)Nc1ncccc1C=C1C(=O)NC(=S)N(c2ccc(Cl)cc2)C1Cl. The van der Waals surface area contributed by atoms with Crippen LogP contribution < -0.4 is 15.5 Å². The van der Waals surface area contributed by atoms with Gasteiger partial charge in [0.1, 0.15) is 16.9 Å². The molecule has 1 aliphatic heterocycles. The Bertz CT molecular complexity index is 1050. The van der Waals surface area contributed by atoms with Crippen molar-refractivity contribution in [3.8, 4) is 0 Å². The molecule has 1 saturated heterocycles. The summed E-state index contributed by atoms with van der Waals surface area (Å²) in [5.41, 5.74) is -0.189. The summed E-state index contributed by atoms with van der Waals surface area (Å²) in [6, 6.07) is 10.3. The highest BCUT2D eigenvalue weighted by atomic mass is 35.5. The fourth-order valence-electron chi connectivity index (χ4n) is 2.77. The largest absolute Gasteiger partial charge is 0.444 e. The third-order valence-electron chi connectivity index (χ3n) is 4.06. The first kappa shape index (κ1) is 23.0. The monoisotopic (exact) mass is 478 g/mol. The van der Waals surface area contributed by atoms with Gasteiger partial charge in [0, 0.05) is 22.5 Å². The summed E-state index contributed by atoms with van der Waals surface area (Å²) < 4.78 is 5.28. The Balaban J connectivity index is 1.93. The van der Waals surface area contributed by atoms with Crippen molar-refractivity contribution in [1.29, 1.82) is 0 Å². The van der Waals surface area contributed by atoms with Gasteiger partial charge in [-0.05, 0) is 75.5 Å². The van der Waals surface area contributed by atoms with Gasteiger partial charge >= 0.3 is 6.09 Å². The normalized spacial score (nSPS) is 18.0. The number of rotatable bonds is 3. The first-order valence-corrected chi connectivity index (χ1v) is 10.5. The Morgan fingerprint density at radius 3 is 2.61 bits per heavy atom. The fraction of sp³-hybridized carbons (Fsp3) is 0.238. The summed E-state index contributed by atoms with van der Waals surface area (Å²) in [5, 5.41) is 5.96. The maximum Gasteiger partial charge on any atom is 0.413 e. The molecule has 0 spiro atoms. The van der Waals surface area contributed by atoms with Crippen molar-refractivity contribution in [3.05, 3.63) is 58.8 Å². The average Bonchev–Trinajstić information content (AvgIpc) is 2.66. The number of carbonyl (C=O) groups is 2. The number of carbonyl (C=O) groups excluding carboxylic acids is 2. The smallest absolute Gasteiger partial charge is 0.413 e. The number of benzene rings is 1. The number of pyridine rings is 1. The topological polar surface area (TPSA) is 83.6 Å². The van der Waals surface area contributed by atoms with Crippen molar-refractivity contribution >= 4 is 70.1 Å². The number of alkyl halides is 1. The van der Waals surface area contributed by atoms with Gasteiger partial charge in [-0.15, -0.1) is 0 Å². The molecule has 10 heteroatoms. The van der Waals surface area contributed by atoms with Crippen molar-refractivity contribution in [2.24, 2.45) is 0 Å². The minimum atomic E-state index is -0.892. The minimum Gasteiger partial charge on any atom is -0.444 e. The number of nitrogens with zero attached hydrogens (tertiary/aromatic N) is 2. The number of thiocarbonyl (C=S) groups is 1. The maximum atomic E-state index is 12.6. The highest BCUT2D eigenvalue weighted by Gasteiger charge is 2.34. The molecule has 0 saturated carbocycles. The quantitative estimate of drug-likeness (QED) is 0.281. The van der Waals surface area contributed by atoms with E-state index >= 15 is 0 Å². The molecule has 1 aromatic carbocycles. The second-order valence-electron chi connectivity index (χ2n) is 7.61. The predicted octanol–water partition coefficient (Wildman–Crippen LogP) is 4.95. The van der Waals surface area contributed by atoms with E-state index in [4.69, 9.17) is 40.2 Å². The Kier molecular flexibility index (Phi) is 6.83. The summed E-state index contributed by atoms with van der Waals surface area (Å²) in [7, 11) is 0. The Labute approximate surface area is 195 Å². The average molecular weight is 479 g/mol. The van der Waals surface area contributed by atoms with Gasteiger partial charge in [-0.1, -0.05) is 23.2 Å². The molecule has 2 amide bonds. The van der Waals surface area contributed by atoms with Crippen molar-refractivity contribution in [3.63, 3.8) is 0 Å². The van der Waals surface area contributed by atoms with Gasteiger partial charge < -0.3 is 4.74 Å². The molecule has 7 nitrogen and oxygen atoms in total. The van der Waals surface area contributed by atoms with Crippen LogP contribution in [0.15, 0.2) is 48.2 Å². The van der Waals surface area contributed by atoms with Gasteiger partial charge in [0.05, 0.1) is 5.57 Å². The molecule has 1 aliphatic rings. The molecule has 2 heterocycles. The summed E-state index contributed by atoms with van der Waals surface area (Å²) in [6.07, 6.45) is 2.41. The van der Waals surface area contributed by atoms with E-state index in [1.165, 1.54) is 6.20 Å². The van der Waals surface area contributed by atoms with Crippen molar-refractivity contribution < 1.29 is 14.3 Å². The van der Waals surface area contributed by atoms with Crippen LogP contribution in [0.5, 0.6) is 0 Å². The first-order chi connectivity index (χ1) is 14.5. The Morgan fingerprint density at radius 2 is 1.97 bits per heavy atom. The lowest BCUT2D eigenvalue weighted by atomic mass is 10.1. The molecule has 1 unspecified atom stereocenters. The molecule has 2 N–H and O–H groups in total. The maximum absolute atomic E-state index is 12.6. The molecule has 1 atom stereocenters. The van der Waals surface area contributed by atoms with E-state index in [0.29, 0.717) is 16.3 Å².